The van der Waals surface area contributed by atoms with Crippen molar-refractivity contribution in [3.8, 4) is 11.4 Å². The summed E-state index contributed by atoms with van der Waals surface area (Å²) in [5.74, 6) is 2.26. The van der Waals surface area contributed by atoms with Crippen LogP contribution >= 0.6 is 0 Å². The lowest BCUT2D eigenvalue weighted by molar-refractivity contribution is 0.184. The molecule has 0 bridgehead atoms. The molecule has 4 aromatic rings. The molecule has 0 N–H and O–H groups in total. The molecule has 0 saturated carbocycles. The topological polar surface area (TPSA) is 38.7 Å². The number of benzene rings is 3. The first-order valence-electron chi connectivity index (χ1n) is 14.0. The molecular formula is C34H32N6. The van der Waals surface area contributed by atoms with Crippen molar-refractivity contribution in [2.45, 2.75) is 31.6 Å². The lowest BCUT2D eigenvalue weighted by Gasteiger charge is -2.52. The van der Waals surface area contributed by atoms with E-state index in [0.717, 1.165) is 29.3 Å². The smallest absolute Gasteiger partial charge is 0.161 e. The first kappa shape index (κ1) is 23.3. The molecule has 0 amide bonds. The molecular weight excluding hydrogens is 492 g/mol. The van der Waals surface area contributed by atoms with Gasteiger partial charge in [-0.3, -0.25) is 0 Å². The van der Waals surface area contributed by atoms with Crippen LogP contribution < -0.4 is 14.7 Å². The second kappa shape index (κ2) is 8.46. The molecule has 4 atom stereocenters. The van der Waals surface area contributed by atoms with E-state index < -0.39 is 0 Å². The van der Waals surface area contributed by atoms with E-state index in [4.69, 9.17) is 9.97 Å². The number of para-hydroxylation sites is 2. The van der Waals surface area contributed by atoms with Gasteiger partial charge in [0.2, 0.25) is 0 Å². The first-order chi connectivity index (χ1) is 19.5. The van der Waals surface area contributed by atoms with E-state index in [9.17, 15) is 0 Å². The van der Waals surface area contributed by atoms with Gasteiger partial charge in [0.25, 0.3) is 0 Å². The average Bonchev–Trinajstić information content (AvgIpc) is 3.49. The molecule has 0 aliphatic carbocycles. The largest absolute Gasteiger partial charge is 0.358 e. The SMILES string of the molecule is C=C1CC2c3ccccc3N3C=CN(C)C3C2C2N(C)c3nc(-c4ccccc4C)ncc3N2c2ccccc21. The minimum absolute atomic E-state index is 0.0406. The molecule has 0 radical (unpaired) electrons. The van der Waals surface area contributed by atoms with Crippen molar-refractivity contribution in [2.75, 3.05) is 28.8 Å². The van der Waals surface area contributed by atoms with Gasteiger partial charge < -0.3 is 19.6 Å². The number of aryl methyl sites for hydroxylation is 1. The number of fused-ring (bicyclic) bond motifs is 12. The molecule has 1 aromatic heterocycles. The molecule has 40 heavy (non-hydrogen) atoms. The molecule has 4 aliphatic rings. The summed E-state index contributed by atoms with van der Waals surface area (Å²) in [5.41, 5.74) is 9.53. The van der Waals surface area contributed by atoms with Crippen molar-refractivity contribution in [2.24, 2.45) is 5.92 Å². The number of nitrogens with zero attached hydrogens (tertiary/aromatic N) is 6. The predicted molar refractivity (Wildman–Crippen MR) is 162 cm³/mol. The van der Waals surface area contributed by atoms with E-state index in [1.54, 1.807) is 0 Å². The van der Waals surface area contributed by atoms with Crippen molar-refractivity contribution >= 4 is 28.5 Å². The summed E-state index contributed by atoms with van der Waals surface area (Å²) in [6.07, 6.45) is 7.61. The van der Waals surface area contributed by atoms with E-state index in [2.05, 4.69) is 132 Å². The van der Waals surface area contributed by atoms with Gasteiger partial charge in [-0.05, 0) is 42.2 Å². The number of hydrogen-bond donors (Lipinski definition) is 0. The average molecular weight is 525 g/mol. The Bertz CT molecular complexity index is 1710. The third-order valence-corrected chi connectivity index (χ3v) is 9.33. The number of hydrogen-bond acceptors (Lipinski definition) is 6. The van der Waals surface area contributed by atoms with Crippen molar-refractivity contribution in [3.05, 3.63) is 115 Å². The van der Waals surface area contributed by atoms with Crippen LogP contribution in [0.3, 0.4) is 0 Å². The predicted octanol–water partition coefficient (Wildman–Crippen LogP) is 6.75. The monoisotopic (exact) mass is 524 g/mol. The maximum Gasteiger partial charge on any atom is 0.161 e. The van der Waals surface area contributed by atoms with Crippen LogP contribution in [0, 0.1) is 12.8 Å². The molecule has 4 aliphatic heterocycles. The minimum atomic E-state index is 0.0406. The van der Waals surface area contributed by atoms with E-state index >= 15 is 0 Å². The maximum absolute atomic E-state index is 5.24. The van der Waals surface area contributed by atoms with Crippen molar-refractivity contribution in [1.82, 2.24) is 14.9 Å². The van der Waals surface area contributed by atoms with E-state index in [1.165, 1.54) is 33.6 Å². The van der Waals surface area contributed by atoms with Gasteiger partial charge in [0.05, 0.1) is 11.9 Å². The molecule has 0 saturated heterocycles. The van der Waals surface area contributed by atoms with Gasteiger partial charge in [0, 0.05) is 55.1 Å². The van der Waals surface area contributed by atoms with Gasteiger partial charge in [0.1, 0.15) is 18.0 Å². The Morgan fingerprint density at radius 1 is 0.800 bits per heavy atom. The standard InChI is InChI=1S/C34H32N6/c1-21-11-5-6-13-24(21)31-35-20-29-32(36-31)38(4)34-30-26(19-22(2)23-12-7-10-16-28(23)40(29)34)25-14-8-9-15-27(25)39-18-17-37(3)33(30)39/h5-18,20,26,30,33-34H,2,19H2,1,3-4H3. The third-order valence-electron chi connectivity index (χ3n) is 9.33. The van der Waals surface area contributed by atoms with Gasteiger partial charge in [-0.25, -0.2) is 9.97 Å². The zero-order valence-electron chi connectivity index (χ0n) is 23.1. The number of anilines is 4. The fourth-order valence-electron chi connectivity index (χ4n) is 7.54. The summed E-state index contributed by atoms with van der Waals surface area (Å²) < 4.78 is 0. The summed E-state index contributed by atoms with van der Waals surface area (Å²) in [6, 6.07) is 26.0. The molecule has 8 rings (SSSR count). The van der Waals surface area contributed by atoms with Crippen molar-refractivity contribution < 1.29 is 0 Å². The number of aromatic nitrogens is 2. The Morgan fingerprint density at radius 3 is 2.35 bits per heavy atom. The number of allylic oxidation sites excluding steroid dienone is 1. The Hall–Kier alpha value is -4.58. The lowest BCUT2D eigenvalue weighted by atomic mass is 9.72. The highest BCUT2D eigenvalue weighted by Crippen LogP contribution is 2.57. The van der Waals surface area contributed by atoms with Crippen LogP contribution in [0.2, 0.25) is 0 Å². The van der Waals surface area contributed by atoms with Crippen LogP contribution in [0.1, 0.15) is 29.0 Å². The molecule has 3 aromatic carbocycles. The van der Waals surface area contributed by atoms with Crippen LogP contribution in [0.4, 0.5) is 22.9 Å². The highest BCUT2D eigenvalue weighted by Gasteiger charge is 2.54. The van der Waals surface area contributed by atoms with E-state index in [0.29, 0.717) is 0 Å². The number of rotatable bonds is 1. The van der Waals surface area contributed by atoms with Crippen LogP contribution in [-0.2, 0) is 0 Å². The maximum atomic E-state index is 5.24. The Balaban J connectivity index is 1.37. The van der Waals surface area contributed by atoms with Crippen molar-refractivity contribution in [3.63, 3.8) is 0 Å². The van der Waals surface area contributed by atoms with Crippen LogP contribution in [0.25, 0.3) is 17.0 Å². The molecule has 6 heteroatoms. The van der Waals surface area contributed by atoms with Gasteiger partial charge in [0.15, 0.2) is 11.6 Å². The minimum Gasteiger partial charge on any atom is -0.358 e. The zero-order chi connectivity index (χ0) is 27.1. The van der Waals surface area contributed by atoms with Gasteiger partial charge in [-0.1, -0.05) is 67.2 Å². The second-order valence-corrected chi connectivity index (χ2v) is 11.5. The van der Waals surface area contributed by atoms with Crippen molar-refractivity contribution in [1.29, 1.82) is 0 Å². The van der Waals surface area contributed by atoms with Gasteiger partial charge in [-0.2, -0.15) is 0 Å². The summed E-state index contributed by atoms with van der Waals surface area (Å²) in [4.78, 5) is 19.9. The summed E-state index contributed by atoms with van der Waals surface area (Å²) in [6.45, 7) is 6.79. The highest BCUT2D eigenvalue weighted by atomic mass is 15.5. The normalized spacial score (nSPS) is 24.0. The molecule has 198 valence electrons. The molecule has 5 heterocycles. The van der Waals surface area contributed by atoms with Crippen LogP contribution in [0.5, 0.6) is 0 Å². The summed E-state index contributed by atoms with van der Waals surface area (Å²) >= 11 is 0. The molecule has 0 fully saturated rings. The molecule has 0 spiro atoms. The van der Waals surface area contributed by atoms with Crippen LogP contribution in [-0.4, -0.2) is 41.3 Å². The Kier molecular flexibility index (Phi) is 4.93. The lowest BCUT2D eigenvalue weighted by Crippen LogP contribution is -2.59. The zero-order valence-corrected chi connectivity index (χ0v) is 23.1. The Morgan fingerprint density at radius 2 is 1.52 bits per heavy atom. The highest BCUT2D eigenvalue weighted by molar-refractivity contribution is 5.88. The van der Waals surface area contributed by atoms with E-state index in [-0.39, 0.29) is 24.2 Å². The van der Waals surface area contributed by atoms with Gasteiger partial charge >= 0.3 is 0 Å². The van der Waals surface area contributed by atoms with Crippen LogP contribution in [0.15, 0.2) is 98.0 Å². The molecule has 6 nitrogen and oxygen atoms in total. The summed E-state index contributed by atoms with van der Waals surface area (Å²) in [7, 11) is 4.41. The summed E-state index contributed by atoms with van der Waals surface area (Å²) in [5, 5.41) is 0. The van der Waals surface area contributed by atoms with E-state index in [1.807, 2.05) is 6.20 Å². The quantitative estimate of drug-likeness (QED) is 0.274. The Labute approximate surface area is 235 Å². The second-order valence-electron chi connectivity index (χ2n) is 11.5. The third kappa shape index (κ3) is 3.10. The fourth-order valence-corrected chi connectivity index (χ4v) is 7.54. The fraction of sp³-hybridized carbons (Fsp3) is 0.235. The first-order valence-corrected chi connectivity index (χ1v) is 14.0. The molecule has 4 unspecified atom stereocenters. The van der Waals surface area contributed by atoms with Gasteiger partial charge in [-0.15, -0.1) is 0 Å².